The van der Waals surface area contributed by atoms with Crippen LogP contribution >= 0.6 is 0 Å². The fraction of sp³-hybridized carbons (Fsp3) is 0.270. The Morgan fingerprint density at radius 1 is 0.600 bits per heavy atom. The maximum absolute atomic E-state index is 8.88. The first-order valence-electron chi connectivity index (χ1n) is 13.6. The molecule has 0 aliphatic rings. The van der Waals surface area contributed by atoms with Crippen molar-refractivity contribution in [1.82, 2.24) is 4.98 Å². The average Bonchev–Trinajstić information content (AvgIpc) is 2.93. The molecule has 1 heterocycles. The van der Waals surface area contributed by atoms with Gasteiger partial charge < -0.3 is 0 Å². The Balaban J connectivity index is 0.000000175. The summed E-state index contributed by atoms with van der Waals surface area (Å²) in [5, 5.41) is 22.5. The lowest BCUT2D eigenvalue weighted by Crippen LogP contribution is -2.11. The number of nitriles is 2. The number of aromatic nitrogens is 1. The molecule has 5 rings (SSSR count). The highest BCUT2D eigenvalue weighted by atomic mass is 14.6. The first kappa shape index (κ1) is 30.1. The Hall–Kier alpha value is -4.47. The second kappa shape index (κ2) is 12.6. The summed E-state index contributed by atoms with van der Waals surface area (Å²) in [6, 6.07) is 30.8. The van der Waals surface area contributed by atoms with Crippen molar-refractivity contribution in [3.63, 3.8) is 0 Å². The summed E-state index contributed by atoms with van der Waals surface area (Å²) in [7, 11) is 0. The van der Waals surface area contributed by atoms with Gasteiger partial charge in [-0.15, -0.1) is 0 Å². The van der Waals surface area contributed by atoms with Crippen LogP contribution in [0, 0.1) is 36.5 Å². The first-order chi connectivity index (χ1) is 18.8. The molecule has 5 aromatic rings. The van der Waals surface area contributed by atoms with Gasteiger partial charge in [0.25, 0.3) is 0 Å². The lowest BCUT2D eigenvalue weighted by molar-refractivity contribution is 0.591. The van der Waals surface area contributed by atoms with Crippen molar-refractivity contribution < 1.29 is 0 Å². The van der Waals surface area contributed by atoms with Crippen LogP contribution in [0.15, 0.2) is 91.3 Å². The molecule has 0 aliphatic heterocycles. The van der Waals surface area contributed by atoms with E-state index in [1.54, 1.807) is 0 Å². The standard InChI is InChI=1S/2C15H15N.C7H9N/c1-15(2,3)14-7-6-12-5-4-11(10-16)8-13(12)9-14;1-15(2,3)14-6-4-5-12-9-11(10-16)7-8-13(12)14;1-6-3-4-8-5-7(6)2/h2*4-9H,1-3H3;3-5H,1-2H3. The smallest absolute Gasteiger partial charge is 0.0991 e. The normalized spacial score (nSPS) is 10.9. The van der Waals surface area contributed by atoms with E-state index in [2.05, 4.69) is 115 Å². The van der Waals surface area contributed by atoms with E-state index in [0.717, 1.165) is 21.9 Å². The van der Waals surface area contributed by atoms with Crippen molar-refractivity contribution in [2.45, 2.75) is 66.2 Å². The molecule has 40 heavy (non-hydrogen) atoms. The zero-order chi connectivity index (χ0) is 29.5. The van der Waals surface area contributed by atoms with Crippen molar-refractivity contribution in [2.75, 3.05) is 0 Å². The van der Waals surface area contributed by atoms with Gasteiger partial charge in [-0.2, -0.15) is 10.5 Å². The zero-order valence-corrected chi connectivity index (χ0v) is 25.0. The molecular formula is C37H39N3. The molecule has 3 heteroatoms. The maximum atomic E-state index is 8.88. The molecule has 0 spiro atoms. The molecule has 202 valence electrons. The minimum Gasteiger partial charge on any atom is -0.264 e. The van der Waals surface area contributed by atoms with E-state index in [1.165, 1.54) is 33.0 Å². The highest BCUT2D eigenvalue weighted by molar-refractivity contribution is 5.88. The van der Waals surface area contributed by atoms with Gasteiger partial charge in [-0.05, 0) is 98.8 Å². The topological polar surface area (TPSA) is 60.5 Å². The molecule has 0 radical (unpaired) electrons. The minimum atomic E-state index is 0.133. The Labute approximate surface area is 239 Å². The molecule has 0 saturated heterocycles. The number of benzene rings is 4. The third-order valence-electron chi connectivity index (χ3n) is 6.95. The maximum Gasteiger partial charge on any atom is 0.0991 e. The average molecular weight is 526 g/mol. The van der Waals surface area contributed by atoms with Gasteiger partial charge in [-0.3, -0.25) is 4.98 Å². The van der Waals surface area contributed by atoms with E-state index in [-0.39, 0.29) is 10.8 Å². The number of rotatable bonds is 0. The van der Waals surface area contributed by atoms with E-state index >= 15 is 0 Å². The predicted octanol–water partition coefficient (Wildman–Crippen LogP) is 9.72. The molecule has 0 fully saturated rings. The Morgan fingerprint density at radius 3 is 1.77 bits per heavy atom. The fourth-order valence-electron chi connectivity index (χ4n) is 4.33. The van der Waals surface area contributed by atoms with Crippen LogP contribution in [0.4, 0.5) is 0 Å². The molecule has 0 aliphatic carbocycles. The zero-order valence-electron chi connectivity index (χ0n) is 25.0. The molecule has 0 bridgehead atoms. The number of aryl methyl sites for hydroxylation is 2. The fourth-order valence-corrected chi connectivity index (χ4v) is 4.33. The molecule has 0 saturated carbocycles. The van der Waals surface area contributed by atoms with Crippen molar-refractivity contribution in [1.29, 1.82) is 10.5 Å². The highest BCUT2D eigenvalue weighted by Gasteiger charge is 2.16. The summed E-state index contributed by atoms with van der Waals surface area (Å²) in [6.45, 7) is 17.4. The largest absolute Gasteiger partial charge is 0.264 e. The quantitative estimate of drug-likeness (QED) is 0.202. The molecule has 0 N–H and O–H groups in total. The van der Waals surface area contributed by atoms with Gasteiger partial charge in [0.2, 0.25) is 0 Å². The second-order valence-corrected chi connectivity index (χ2v) is 12.2. The van der Waals surface area contributed by atoms with Crippen molar-refractivity contribution in [3.8, 4) is 12.1 Å². The number of hydrogen-bond donors (Lipinski definition) is 0. The van der Waals surface area contributed by atoms with Crippen LogP contribution in [0.25, 0.3) is 21.5 Å². The SMILES string of the molecule is CC(C)(C)c1ccc2ccc(C#N)cc2c1.CC(C)(C)c1cccc2cc(C#N)ccc12.Cc1ccncc1C. The van der Waals surface area contributed by atoms with Crippen molar-refractivity contribution in [3.05, 3.63) is 125 Å². The van der Waals surface area contributed by atoms with Gasteiger partial charge in [0.1, 0.15) is 0 Å². The van der Waals surface area contributed by atoms with E-state index < -0.39 is 0 Å². The number of hydrogen-bond acceptors (Lipinski definition) is 3. The van der Waals surface area contributed by atoms with Gasteiger partial charge in [-0.25, -0.2) is 0 Å². The summed E-state index contributed by atoms with van der Waals surface area (Å²) in [4.78, 5) is 3.95. The third-order valence-corrected chi connectivity index (χ3v) is 6.95. The minimum absolute atomic E-state index is 0.133. The number of pyridine rings is 1. The summed E-state index contributed by atoms with van der Waals surface area (Å²) in [6.07, 6.45) is 3.68. The van der Waals surface area contributed by atoms with Crippen LogP contribution in [0.1, 0.15) is 74.9 Å². The summed E-state index contributed by atoms with van der Waals surface area (Å²) in [5.41, 5.74) is 6.92. The van der Waals surface area contributed by atoms with Crippen LogP contribution in [0.5, 0.6) is 0 Å². The third kappa shape index (κ3) is 7.78. The Morgan fingerprint density at radius 2 is 1.23 bits per heavy atom. The summed E-state index contributed by atoms with van der Waals surface area (Å²) in [5.74, 6) is 0. The van der Waals surface area contributed by atoms with Crippen LogP contribution < -0.4 is 0 Å². The predicted molar refractivity (Wildman–Crippen MR) is 168 cm³/mol. The molecule has 1 aromatic heterocycles. The van der Waals surface area contributed by atoms with Crippen LogP contribution in [0.2, 0.25) is 0 Å². The van der Waals surface area contributed by atoms with E-state index in [9.17, 15) is 0 Å². The molecule has 4 aromatic carbocycles. The summed E-state index contributed by atoms with van der Waals surface area (Å²) < 4.78 is 0. The number of fused-ring (bicyclic) bond motifs is 2. The lowest BCUT2D eigenvalue weighted by Gasteiger charge is -2.21. The van der Waals surface area contributed by atoms with E-state index in [0.29, 0.717) is 0 Å². The Bertz CT molecular complexity index is 1660. The summed E-state index contributed by atoms with van der Waals surface area (Å²) >= 11 is 0. The highest BCUT2D eigenvalue weighted by Crippen LogP contribution is 2.30. The Kier molecular flexibility index (Phi) is 9.47. The van der Waals surface area contributed by atoms with E-state index in [1.807, 2.05) is 48.8 Å². The molecule has 0 amide bonds. The second-order valence-electron chi connectivity index (χ2n) is 12.2. The van der Waals surface area contributed by atoms with Gasteiger partial charge in [-0.1, -0.05) is 90.1 Å². The van der Waals surface area contributed by atoms with E-state index in [4.69, 9.17) is 10.5 Å². The van der Waals surface area contributed by atoms with Crippen LogP contribution in [0.3, 0.4) is 0 Å². The van der Waals surface area contributed by atoms with Gasteiger partial charge in [0.05, 0.1) is 23.3 Å². The first-order valence-corrected chi connectivity index (χ1v) is 13.6. The molecule has 3 nitrogen and oxygen atoms in total. The lowest BCUT2D eigenvalue weighted by atomic mass is 9.83. The van der Waals surface area contributed by atoms with Crippen LogP contribution in [-0.2, 0) is 10.8 Å². The van der Waals surface area contributed by atoms with Crippen molar-refractivity contribution in [2.24, 2.45) is 0 Å². The molecular weight excluding hydrogens is 486 g/mol. The van der Waals surface area contributed by atoms with Gasteiger partial charge in [0, 0.05) is 12.4 Å². The number of nitrogens with zero attached hydrogens (tertiary/aromatic N) is 3. The monoisotopic (exact) mass is 525 g/mol. The van der Waals surface area contributed by atoms with Crippen LogP contribution in [-0.4, -0.2) is 4.98 Å². The van der Waals surface area contributed by atoms with Gasteiger partial charge >= 0.3 is 0 Å². The molecule has 0 unspecified atom stereocenters. The molecule has 0 atom stereocenters. The van der Waals surface area contributed by atoms with Crippen molar-refractivity contribution >= 4 is 21.5 Å². The van der Waals surface area contributed by atoms with Gasteiger partial charge in [0.15, 0.2) is 0 Å².